The molecule has 6 heteroatoms. The summed E-state index contributed by atoms with van der Waals surface area (Å²) in [6, 6.07) is 24.3. The molecular weight excluding hydrogens is 462 g/mol. The van der Waals surface area contributed by atoms with Gasteiger partial charge in [-0.05, 0) is 79.2 Å². The lowest BCUT2D eigenvalue weighted by molar-refractivity contribution is -0.117. The van der Waals surface area contributed by atoms with Crippen LogP contribution in [0.3, 0.4) is 0 Å². The molecule has 1 aliphatic heterocycles. The van der Waals surface area contributed by atoms with Crippen molar-refractivity contribution in [1.29, 1.82) is 0 Å². The highest BCUT2D eigenvalue weighted by molar-refractivity contribution is 6.08. The molecule has 2 fully saturated rings. The summed E-state index contributed by atoms with van der Waals surface area (Å²) >= 11 is 0. The molecule has 0 bridgehead atoms. The molecule has 188 valence electrons. The number of carbonyl (C=O) groups excluding carboxylic acids is 2. The Labute approximate surface area is 216 Å². The van der Waals surface area contributed by atoms with Crippen molar-refractivity contribution in [2.24, 2.45) is 5.92 Å². The van der Waals surface area contributed by atoms with Gasteiger partial charge < -0.3 is 15.0 Å². The van der Waals surface area contributed by atoms with E-state index in [1.54, 1.807) is 6.07 Å². The van der Waals surface area contributed by atoms with Gasteiger partial charge in [-0.15, -0.1) is 0 Å². The third kappa shape index (κ3) is 4.89. The van der Waals surface area contributed by atoms with Gasteiger partial charge in [0.25, 0.3) is 0 Å². The average molecular weight is 494 g/mol. The van der Waals surface area contributed by atoms with Crippen molar-refractivity contribution < 1.29 is 14.3 Å². The number of nitrogens with zero attached hydrogens (tertiary/aromatic N) is 1. The molecular formula is C31H31N3O3. The molecule has 1 amide bonds. The summed E-state index contributed by atoms with van der Waals surface area (Å²) in [7, 11) is 1.38. The second-order valence-corrected chi connectivity index (χ2v) is 10.2. The number of rotatable bonds is 7. The summed E-state index contributed by atoms with van der Waals surface area (Å²) in [6.45, 7) is 3.25. The van der Waals surface area contributed by atoms with Crippen molar-refractivity contribution in [2.45, 2.75) is 31.7 Å². The van der Waals surface area contributed by atoms with E-state index in [0.29, 0.717) is 11.3 Å². The van der Waals surface area contributed by atoms with Crippen LogP contribution in [0.2, 0.25) is 0 Å². The molecule has 0 unspecified atom stereocenters. The molecule has 1 saturated carbocycles. The summed E-state index contributed by atoms with van der Waals surface area (Å²) in [4.78, 5) is 31.7. The highest BCUT2D eigenvalue weighted by atomic mass is 16.5. The van der Waals surface area contributed by atoms with Crippen molar-refractivity contribution in [2.75, 3.05) is 25.5 Å². The van der Waals surface area contributed by atoms with E-state index in [4.69, 9.17) is 4.74 Å². The van der Waals surface area contributed by atoms with Crippen molar-refractivity contribution in [3.63, 3.8) is 0 Å². The van der Waals surface area contributed by atoms with E-state index in [-0.39, 0.29) is 17.7 Å². The average Bonchev–Trinajstić information content (AvgIpc) is 3.35. The molecule has 0 spiro atoms. The van der Waals surface area contributed by atoms with Gasteiger partial charge in [-0.25, -0.2) is 4.79 Å². The van der Waals surface area contributed by atoms with E-state index >= 15 is 0 Å². The fraction of sp³-hybridized carbons (Fsp3) is 0.290. The zero-order valence-corrected chi connectivity index (χ0v) is 21.0. The Morgan fingerprint density at radius 2 is 1.81 bits per heavy atom. The van der Waals surface area contributed by atoms with Crippen LogP contribution in [0.4, 0.5) is 5.69 Å². The number of aromatic nitrogens is 1. The van der Waals surface area contributed by atoms with Gasteiger partial charge in [-0.2, -0.15) is 0 Å². The maximum absolute atomic E-state index is 13.0. The minimum absolute atomic E-state index is 0.0228. The zero-order valence-electron chi connectivity index (χ0n) is 21.0. The Morgan fingerprint density at radius 3 is 2.59 bits per heavy atom. The molecule has 6 rings (SSSR count). The number of aromatic amines is 1. The molecule has 2 heterocycles. The lowest BCUT2D eigenvalue weighted by atomic mass is 10.1. The quantitative estimate of drug-likeness (QED) is 0.312. The highest BCUT2D eigenvalue weighted by Crippen LogP contribution is 2.48. The first kappa shape index (κ1) is 23.5. The van der Waals surface area contributed by atoms with Crippen LogP contribution in [-0.4, -0.2) is 42.0 Å². The number of nitrogens with one attached hydrogen (secondary N) is 2. The molecule has 1 saturated heterocycles. The number of amides is 1. The first-order valence-corrected chi connectivity index (χ1v) is 13.0. The molecule has 1 aromatic heterocycles. The Hall–Kier alpha value is -3.90. The molecule has 2 aliphatic rings. The van der Waals surface area contributed by atoms with Crippen LogP contribution >= 0.6 is 0 Å². The Bertz CT molecular complexity index is 1450. The number of fused-ring (bicyclic) bond motifs is 1. The smallest absolute Gasteiger partial charge is 0.338 e. The van der Waals surface area contributed by atoms with Gasteiger partial charge in [-0.1, -0.05) is 48.5 Å². The number of hydrogen-bond donors (Lipinski definition) is 2. The lowest BCUT2D eigenvalue weighted by Gasteiger charge is -2.14. The minimum Gasteiger partial charge on any atom is -0.465 e. The number of carbonyl (C=O) groups is 2. The Balaban J connectivity index is 1.27. The van der Waals surface area contributed by atoms with Gasteiger partial charge in [0, 0.05) is 34.7 Å². The standard InChI is InChI=1S/C31H31N3O3/c1-37-31(36)27-15-23(32-30(35)26-17-24(26)21-9-3-2-4-10-21)16-29-25(27)18-28(33-29)22-11-7-8-20(14-22)19-34-12-5-6-13-34/h2-4,7-11,14-16,18,24,26,33H,5-6,12-13,17,19H2,1H3,(H,32,35)/t24-,26+/m0/s1. The number of H-pyrrole nitrogens is 1. The predicted octanol–water partition coefficient (Wildman–Crippen LogP) is 5.96. The van der Waals surface area contributed by atoms with E-state index in [0.717, 1.165) is 48.2 Å². The van der Waals surface area contributed by atoms with Crippen molar-refractivity contribution in [3.05, 3.63) is 89.5 Å². The van der Waals surface area contributed by atoms with E-state index in [1.165, 1.54) is 31.1 Å². The summed E-state index contributed by atoms with van der Waals surface area (Å²) in [5.41, 5.74) is 6.27. The summed E-state index contributed by atoms with van der Waals surface area (Å²) < 4.78 is 5.08. The third-order valence-corrected chi connectivity index (χ3v) is 7.61. The molecule has 6 nitrogen and oxygen atoms in total. The lowest BCUT2D eigenvalue weighted by Crippen LogP contribution is -2.18. The normalized spacial score (nSPS) is 19.2. The maximum Gasteiger partial charge on any atom is 0.338 e. The summed E-state index contributed by atoms with van der Waals surface area (Å²) in [5, 5.41) is 3.82. The number of ether oxygens (including phenoxy) is 1. The number of anilines is 1. The van der Waals surface area contributed by atoms with Crippen molar-refractivity contribution in [3.8, 4) is 11.3 Å². The second-order valence-electron chi connectivity index (χ2n) is 10.2. The molecule has 1 aliphatic carbocycles. The Kier molecular flexibility index (Phi) is 6.26. The van der Waals surface area contributed by atoms with Crippen LogP contribution in [0.1, 0.15) is 46.7 Å². The maximum atomic E-state index is 13.0. The largest absolute Gasteiger partial charge is 0.465 e. The summed E-state index contributed by atoms with van der Waals surface area (Å²) in [6.07, 6.45) is 3.37. The first-order chi connectivity index (χ1) is 18.1. The van der Waals surface area contributed by atoms with E-state index in [9.17, 15) is 9.59 Å². The van der Waals surface area contributed by atoms with Crippen molar-refractivity contribution >= 4 is 28.5 Å². The Morgan fingerprint density at radius 1 is 1.00 bits per heavy atom. The zero-order chi connectivity index (χ0) is 25.4. The second kappa shape index (κ2) is 9.87. The van der Waals surface area contributed by atoms with Crippen LogP contribution in [0.5, 0.6) is 0 Å². The molecule has 2 N–H and O–H groups in total. The van der Waals surface area contributed by atoms with E-state index < -0.39 is 5.97 Å². The topological polar surface area (TPSA) is 74.4 Å². The number of benzene rings is 3. The first-order valence-electron chi connectivity index (χ1n) is 13.0. The molecule has 2 atom stereocenters. The van der Waals surface area contributed by atoms with Crippen LogP contribution in [0.25, 0.3) is 22.2 Å². The van der Waals surface area contributed by atoms with Gasteiger partial charge in [0.15, 0.2) is 0 Å². The fourth-order valence-corrected chi connectivity index (χ4v) is 5.57. The molecule has 4 aromatic rings. The van der Waals surface area contributed by atoms with Gasteiger partial charge in [-0.3, -0.25) is 9.69 Å². The van der Waals surface area contributed by atoms with Crippen LogP contribution in [0, 0.1) is 5.92 Å². The third-order valence-electron chi connectivity index (χ3n) is 7.61. The number of hydrogen-bond acceptors (Lipinski definition) is 4. The summed E-state index contributed by atoms with van der Waals surface area (Å²) in [5.74, 6) is -0.263. The number of methoxy groups -OCH3 is 1. The monoisotopic (exact) mass is 493 g/mol. The molecule has 37 heavy (non-hydrogen) atoms. The van der Waals surface area contributed by atoms with E-state index in [1.807, 2.05) is 30.3 Å². The van der Waals surface area contributed by atoms with Gasteiger partial charge >= 0.3 is 5.97 Å². The van der Waals surface area contributed by atoms with Gasteiger partial charge in [0.2, 0.25) is 5.91 Å². The van der Waals surface area contributed by atoms with Crippen LogP contribution < -0.4 is 5.32 Å². The van der Waals surface area contributed by atoms with Crippen LogP contribution in [-0.2, 0) is 16.1 Å². The van der Waals surface area contributed by atoms with E-state index in [2.05, 4.69) is 51.6 Å². The molecule has 3 aromatic carbocycles. The minimum atomic E-state index is -0.428. The fourth-order valence-electron chi connectivity index (χ4n) is 5.57. The predicted molar refractivity (Wildman–Crippen MR) is 146 cm³/mol. The van der Waals surface area contributed by atoms with Crippen molar-refractivity contribution in [1.82, 2.24) is 9.88 Å². The number of likely N-dealkylation sites (tertiary alicyclic amines) is 1. The number of esters is 1. The SMILES string of the molecule is COC(=O)c1cc(NC(=O)[C@@H]2C[C@H]2c2ccccc2)cc2[nH]c(-c3cccc(CN4CCCC4)c3)cc12. The van der Waals surface area contributed by atoms with Crippen LogP contribution in [0.15, 0.2) is 72.8 Å². The highest BCUT2D eigenvalue weighted by Gasteiger charge is 2.43. The van der Waals surface area contributed by atoms with Gasteiger partial charge in [0.05, 0.1) is 12.7 Å². The molecule has 0 radical (unpaired) electrons. The van der Waals surface area contributed by atoms with Gasteiger partial charge in [0.1, 0.15) is 0 Å².